The summed E-state index contributed by atoms with van der Waals surface area (Å²) in [5.41, 5.74) is 1.17. The van der Waals surface area contributed by atoms with Crippen molar-refractivity contribution in [2.45, 2.75) is 20.8 Å². The first-order valence-corrected chi connectivity index (χ1v) is 10.1. The van der Waals surface area contributed by atoms with Crippen LogP contribution in [-0.4, -0.2) is 25.7 Å². The molecule has 0 fully saturated rings. The average molecular weight is 459 g/mol. The van der Waals surface area contributed by atoms with Crippen LogP contribution in [0.4, 0.5) is 5.69 Å². The highest BCUT2D eigenvalue weighted by Crippen LogP contribution is 2.35. The Morgan fingerprint density at radius 2 is 1.62 bits per heavy atom. The van der Waals surface area contributed by atoms with Crippen LogP contribution < -0.4 is 19.5 Å². The Hall–Kier alpha value is -2.98. The summed E-state index contributed by atoms with van der Waals surface area (Å²) in [4.78, 5) is 12.5. The Bertz CT molecular complexity index is 918. The number of rotatable bonds is 9. The van der Waals surface area contributed by atoms with Crippen molar-refractivity contribution in [3.8, 4) is 23.3 Å². The summed E-state index contributed by atoms with van der Waals surface area (Å²) < 4.78 is 17.3. The zero-order valence-electron chi connectivity index (χ0n) is 16.6. The molecule has 0 aliphatic heterocycles. The van der Waals surface area contributed by atoms with E-state index in [1.165, 1.54) is 6.08 Å². The topological polar surface area (TPSA) is 80.6 Å². The van der Waals surface area contributed by atoms with Crippen molar-refractivity contribution in [3.05, 3.63) is 52.0 Å². The number of ether oxygens (including phenoxy) is 3. The second-order valence-corrected chi connectivity index (χ2v) is 6.62. The molecule has 1 amide bonds. The van der Waals surface area contributed by atoms with Crippen molar-refractivity contribution in [2.75, 3.05) is 25.1 Å². The molecule has 2 rings (SSSR count). The van der Waals surface area contributed by atoms with Crippen LogP contribution >= 0.6 is 15.9 Å². The summed E-state index contributed by atoms with van der Waals surface area (Å²) in [6.07, 6.45) is 1.51. The molecule has 0 spiro atoms. The lowest BCUT2D eigenvalue weighted by atomic mass is 10.1. The maximum atomic E-state index is 12.5. The summed E-state index contributed by atoms with van der Waals surface area (Å²) in [5, 5.41) is 12.2. The molecule has 2 aromatic rings. The highest BCUT2D eigenvalue weighted by Gasteiger charge is 2.14. The zero-order valence-corrected chi connectivity index (χ0v) is 18.2. The van der Waals surface area contributed by atoms with Crippen LogP contribution in [0, 0.1) is 11.3 Å². The number of nitrogens with zero attached hydrogens (tertiary/aromatic N) is 1. The van der Waals surface area contributed by atoms with E-state index in [-0.39, 0.29) is 5.57 Å². The largest absolute Gasteiger partial charge is 0.494 e. The molecule has 0 atom stereocenters. The smallest absolute Gasteiger partial charge is 0.266 e. The first kappa shape index (κ1) is 22.3. The Morgan fingerprint density at radius 1 is 1.03 bits per heavy atom. The fourth-order valence-electron chi connectivity index (χ4n) is 2.50. The van der Waals surface area contributed by atoms with Crippen LogP contribution in [0.5, 0.6) is 17.2 Å². The van der Waals surface area contributed by atoms with Gasteiger partial charge in [0.1, 0.15) is 17.4 Å². The predicted molar refractivity (Wildman–Crippen MR) is 116 cm³/mol. The van der Waals surface area contributed by atoms with Gasteiger partial charge in [0.2, 0.25) is 0 Å². The molecule has 2 aromatic carbocycles. The molecule has 1 N–H and O–H groups in total. The molecule has 6 nitrogen and oxygen atoms in total. The van der Waals surface area contributed by atoms with Crippen LogP contribution in [0.3, 0.4) is 0 Å². The van der Waals surface area contributed by atoms with Gasteiger partial charge in [-0.05, 0) is 68.8 Å². The lowest BCUT2D eigenvalue weighted by molar-refractivity contribution is -0.112. The molecule has 29 heavy (non-hydrogen) atoms. The Balaban J connectivity index is 2.26. The second kappa shape index (κ2) is 11.1. The maximum Gasteiger partial charge on any atom is 0.266 e. The molecule has 0 saturated heterocycles. The van der Waals surface area contributed by atoms with Crippen LogP contribution in [-0.2, 0) is 4.79 Å². The minimum Gasteiger partial charge on any atom is -0.494 e. The number of hydrogen-bond acceptors (Lipinski definition) is 5. The number of carbonyl (C=O) groups is 1. The molecular weight excluding hydrogens is 436 g/mol. The van der Waals surface area contributed by atoms with E-state index in [9.17, 15) is 10.1 Å². The molecule has 0 bridgehead atoms. The van der Waals surface area contributed by atoms with Gasteiger partial charge in [0.25, 0.3) is 5.91 Å². The molecule has 0 aliphatic carbocycles. The number of amides is 1. The van der Waals surface area contributed by atoms with Crippen molar-refractivity contribution in [1.29, 1.82) is 5.26 Å². The molecule has 0 unspecified atom stereocenters. The third-order valence-corrected chi connectivity index (χ3v) is 4.44. The van der Waals surface area contributed by atoms with Crippen molar-refractivity contribution in [2.24, 2.45) is 0 Å². The fourth-order valence-corrected chi connectivity index (χ4v) is 2.94. The lowest BCUT2D eigenvalue weighted by Gasteiger charge is -2.13. The summed E-state index contributed by atoms with van der Waals surface area (Å²) in [7, 11) is 0. The number of carbonyl (C=O) groups excluding carboxylic acids is 1. The monoisotopic (exact) mass is 458 g/mol. The van der Waals surface area contributed by atoms with E-state index in [1.807, 2.05) is 26.8 Å². The van der Waals surface area contributed by atoms with Crippen LogP contribution in [0.25, 0.3) is 6.08 Å². The van der Waals surface area contributed by atoms with Gasteiger partial charge in [-0.2, -0.15) is 5.26 Å². The predicted octanol–water partition coefficient (Wildman–Crippen LogP) is 5.19. The Morgan fingerprint density at radius 3 is 2.17 bits per heavy atom. The van der Waals surface area contributed by atoms with Crippen LogP contribution in [0.1, 0.15) is 26.3 Å². The molecule has 0 radical (unpaired) electrons. The van der Waals surface area contributed by atoms with Gasteiger partial charge in [-0.1, -0.05) is 15.9 Å². The molecule has 0 saturated carbocycles. The minimum absolute atomic E-state index is 0.0359. The Labute approximate surface area is 179 Å². The number of anilines is 1. The third-order valence-electron chi connectivity index (χ3n) is 3.75. The normalized spacial score (nSPS) is 10.8. The summed E-state index contributed by atoms with van der Waals surface area (Å²) in [6, 6.07) is 12.4. The van der Waals surface area contributed by atoms with E-state index in [2.05, 4.69) is 21.2 Å². The summed E-state index contributed by atoms with van der Waals surface area (Å²) in [6.45, 7) is 7.18. The van der Waals surface area contributed by atoms with E-state index in [1.54, 1.807) is 36.4 Å². The number of benzene rings is 2. The van der Waals surface area contributed by atoms with E-state index >= 15 is 0 Å². The van der Waals surface area contributed by atoms with Gasteiger partial charge in [-0.3, -0.25) is 4.79 Å². The Kier molecular flexibility index (Phi) is 8.56. The highest BCUT2D eigenvalue weighted by molar-refractivity contribution is 9.10. The second-order valence-electron chi connectivity index (χ2n) is 5.77. The molecule has 0 aromatic heterocycles. The number of nitriles is 1. The molecular formula is C22H23BrN2O4. The molecule has 152 valence electrons. The number of halogens is 1. The van der Waals surface area contributed by atoms with Gasteiger partial charge in [0.15, 0.2) is 11.5 Å². The van der Waals surface area contributed by atoms with E-state index in [0.29, 0.717) is 52.8 Å². The first-order chi connectivity index (χ1) is 14.0. The maximum absolute atomic E-state index is 12.5. The SMILES string of the molecule is CCOc1ccc(NC(=O)/C(C#N)=C\c2cc(OCC)c(OCC)cc2Br)cc1. The number of nitrogens with one attached hydrogen (secondary N) is 1. The van der Waals surface area contributed by atoms with Gasteiger partial charge in [-0.25, -0.2) is 0 Å². The van der Waals surface area contributed by atoms with Gasteiger partial charge < -0.3 is 19.5 Å². The molecule has 0 heterocycles. The van der Waals surface area contributed by atoms with Crippen molar-refractivity contribution >= 4 is 33.6 Å². The summed E-state index contributed by atoms with van der Waals surface area (Å²) >= 11 is 3.46. The van der Waals surface area contributed by atoms with E-state index in [0.717, 1.165) is 0 Å². The number of hydrogen-bond donors (Lipinski definition) is 1. The molecule has 7 heteroatoms. The van der Waals surface area contributed by atoms with Gasteiger partial charge in [-0.15, -0.1) is 0 Å². The quantitative estimate of drug-likeness (QED) is 0.412. The van der Waals surface area contributed by atoms with Crippen molar-refractivity contribution in [3.63, 3.8) is 0 Å². The lowest BCUT2D eigenvalue weighted by Crippen LogP contribution is -2.13. The van der Waals surface area contributed by atoms with Gasteiger partial charge in [0.05, 0.1) is 19.8 Å². The van der Waals surface area contributed by atoms with Crippen LogP contribution in [0.2, 0.25) is 0 Å². The van der Waals surface area contributed by atoms with Gasteiger partial charge in [0, 0.05) is 10.2 Å². The average Bonchev–Trinajstić information content (AvgIpc) is 2.71. The first-order valence-electron chi connectivity index (χ1n) is 9.27. The van der Waals surface area contributed by atoms with Crippen LogP contribution in [0.15, 0.2) is 46.4 Å². The fraction of sp³-hybridized carbons (Fsp3) is 0.273. The minimum atomic E-state index is -0.504. The van der Waals surface area contributed by atoms with Crippen molar-refractivity contribution in [1.82, 2.24) is 0 Å². The van der Waals surface area contributed by atoms with Crippen molar-refractivity contribution < 1.29 is 19.0 Å². The highest BCUT2D eigenvalue weighted by atomic mass is 79.9. The zero-order chi connectivity index (χ0) is 21.2. The van der Waals surface area contributed by atoms with E-state index in [4.69, 9.17) is 14.2 Å². The van der Waals surface area contributed by atoms with E-state index < -0.39 is 5.91 Å². The standard InChI is InChI=1S/C22H23BrN2O4/c1-4-27-18-9-7-17(8-10-18)25-22(26)16(14-24)11-15-12-20(28-5-2)21(29-6-3)13-19(15)23/h7-13H,4-6H2,1-3H3,(H,25,26)/b16-11-. The third kappa shape index (κ3) is 6.26. The van der Waals surface area contributed by atoms with Gasteiger partial charge >= 0.3 is 0 Å². The summed E-state index contributed by atoms with van der Waals surface area (Å²) in [5.74, 6) is 1.35. The molecule has 0 aliphatic rings.